The average molecular weight is 243 g/mol. The summed E-state index contributed by atoms with van der Waals surface area (Å²) >= 11 is 0. The third kappa shape index (κ3) is 2.09. The molecule has 0 saturated heterocycles. The van der Waals surface area contributed by atoms with Gasteiger partial charge in [0.25, 0.3) is 0 Å². The lowest BCUT2D eigenvalue weighted by Crippen LogP contribution is -2.24. The Labute approximate surface area is 111 Å². The summed E-state index contributed by atoms with van der Waals surface area (Å²) in [5.74, 6) is 2.96. The van der Waals surface area contributed by atoms with E-state index in [0.717, 1.165) is 24.3 Å². The molecule has 1 N–H and O–H groups in total. The van der Waals surface area contributed by atoms with Gasteiger partial charge in [-0.15, -0.1) is 0 Å². The van der Waals surface area contributed by atoms with Gasteiger partial charge in [0, 0.05) is 6.04 Å². The zero-order chi connectivity index (χ0) is 12.7. The molecular formula is C17H25N. The third-order valence-corrected chi connectivity index (χ3v) is 4.88. The van der Waals surface area contributed by atoms with E-state index < -0.39 is 0 Å². The van der Waals surface area contributed by atoms with E-state index >= 15 is 0 Å². The molecule has 1 aromatic rings. The molecule has 0 bridgehead atoms. The highest BCUT2D eigenvalue weighted by molar-refractivity contribution is 5.32. The quantitative estimate of drug-likeness (QED) is 0.843. The molecule has 2 aliphatic carbocycles. The Morgan fingerprint density at radius 2 is 1.72 bits per heavy atom. The van der Waals surface area contributed by atoms with Crippen LogP contribution >= 0.6 is 0 Å². The molecule has 3 atom stereocenters. The second-order valence-electron chi connectivity index (χ2n) is 6.29. The van der Waals surface area contributed by atoms with Crippen molar-refractivity contribution in [2.45, 2.75) is 46.1 Å². The number of rotatable bonds is 4. The zero-order valence-corrected chi connectivity index (χ0v) is 11.9. The number of nitrogens with one attached hydrogen (secondary N) is 1. The Bertz CT molecular complexity index is 407. The maximum Gasteiger partial charge on any atom is 0.0354 e. The van der Waals surface area contributed by atoms with E-state index in [2.05, 4.69) is 44.3 Å². The van der Waals surface area contributed by atoms with E-state index in [1.165, 1.54) is 36.0 Å². The van der Waals surface area contributed by atoms with Gasteiger partial charge in [-0.3, -0.25) is 0 Å². The van der Waals surface area contributed by atoms with Crippen LogP contribution in [0.15, 0.2) is 18.2 Å². The van der Waals surface area contributed by atoms with Crippen molar-refractivity contribution in [3.8, 4) is 0 Å². The molecule has 0 aromatic heterocycles. The summed E-state index contributed by atoms with van der Waals surface area (Å²) in [6.45, 7) is 7.74. The van der Waals surface area contributed by atoms with Crippen molar-refractivity contribution in [3.63, 3.8) is 0 Å². The van der Waals surface area contributed by atoms with Gasteiger partial charge in [0.1, 0.15) is 0 Å². The fourth-order valence-corrected chi connectivity index (χ4v) is 4.26. The Kier molecular flexibility index (Phi) is 3.19. The minimum absolute atomic E-state index is 0.601. The third-order valence-electron chi connectivity index (χ3n) is 4.88. The van der Waals surface area contributed by atoms with Gasteiger partial charge in [0.15, 0.2) is 0 Å². The summed E-state index contributed by atoms with van der Waals surface area (Å²) in [6.07, 6.45) is 4.42. The summed E-state index contributed by atoms with van der Waals surface area (Å²) < 4.78 is 0. The van der Waals surface area contributed by atoms with Crippen molar-refractivity contribution in [1.29, 1.82) is 0 Å². The van der Waals surface area contributed by atoms with Crippen LogP contribution in [0, 0.1) is 31.6 Å². The first-order chi connectivity index (χ1) is 8.70. The highest BCUT2D eigenvalue weighted by Crippen LogP contribution is 2.62. The fourth-order valence-electron chi connectivity index (χ4n) is 4.26. The number of benzene rings is 1. The second kappa shape index (κ2) is 4.70. The van der Waals surface area contributed by atoms with E-state index in [4.69, 9.17) is 0 Å². The minimum Gasteiger partial charge on any atom is -0.310 e. The minimum atomic E-state index is 0.601. The number of hydrogen-bond donors (Lipinski definition) is 1. The van der Waals surface area contributed by atoms with Crippen LogP contribution in [0.1, 0.15) is 48.9 Å². The van der Waals surface area contributed by atoms with E-state index in [1.807, 2.05) is 0 Å². The molecule has 0 amide bonds. The molecule has 18 heavy (non-hydrogen) atoms. The van der Waals surface area contributed by atoms with Gasteiger partial charge in [-0.2, -0.15) is 0 Å². The number of hydrogen-bond acceptors (Lipinski definition) is 1. The molecule has 98 valence electrons. The van der Waals surface area contributed by atoms with Crippen LogP contribution in [-0.2, 0) is 0 Å². The van der Waals surface area contributed by atoms with Crippen molar-refractivity contribution in [2.24, 2.45) is 17.8 Å². The summed E-state index contributed by atoms with van der Waals surface area (Å²) in [6, 6.07) is 7.65. The summed E-state index contributed by atoms with van der Waals surface area (Å²) in [7, 11) is 0. The van der Waals surface area contributed by atoms with Crippen LogP contribution in [-0.4, -0.2) is 6.54 Å². The van der Waals surface area contributed by atoms with Crippen LogP contribution in [0.5, 0.6) is 0 Å². The molecule has 2 fully saturated rings. The molecule has 1 aromatic carbocycles. The smallest absolute Gasteiger partial charge is 0.0354 e. The van der Waals surface area contributed by atoms with Crippen LogP contribution in [0.4, 0.5) is 0 Å². The SMILES string of the molecule is CCNC(c1cc(C)cc(C)c1)C1C2CCCC21. The van der Waals surface area contributed by atoms with Crippen molar-refractivity contribution in [2.75, 3.05) is 6.54 Å². The molecule has 0 spiro atoms. The van der Waals surface area contributed by atoms with Crippen molar-refractivity contribution < 1.29 is 0 Å². The summed E-state index contributed by atoms with van der Waals surface area (Å²) in [5.41, 5.74) is 4.33. The van der Waals surface area contributed by atoms with Crippen LogP contribution in [0.2, 0.25) is 0 Å². The van der Waals surface area contributed by atoms with E-state index in [-0.39, 0.29) is 0 Å². The first kappa shape index (κ1) is 12.2. The molecule has 3 unspecified atom stereocenters. The van der Waals surface area contributed by atoms with Gasteiger partial charge in [0.2, 0.25) is 0 Å². The summed E-state index contributed by atoms with van der Waals surface area (Å²) in [5, 5.41) is 3.74. The first-order valence-corrected chi connectivity index (χ1v) is 7.52. The van der Waals surface area contributed by atoms with Crippen molar-refractivity contribution >= 4 is 0 Å². The van der Waals surface area contributed by atoms with E-state index in [1.54, 1.807) is 0 Å². The van der Waals surface area contributed by atoms with Crippen molar-refractivity contribution in [3.05, 3.63) is 34.9 Å². The Hall–Kier alpha value is -0.820. The molecule has 1 nitrogen and oxygen atoms in total. The van der Waals surface area contributed by atoms with Gasteiger partial charge >= 0.3 is 0 Å². The molecule has 0 heterocycles. The Morgan fingerprint density at radius 3 is 2.28 bits per heavy atom. The predicted octanol–water partition coefficient (Wildman–Crippen LogP) is 4.00. The van der Waals surface area contributed by atoms with E-state index in [0.29, 0.717) is 6.04 Å². The van der Waals surface area contributed by atoms with Gasteiger partial charge in [-0.1, -0.05) is 42.7 Å². The van der Waals surface area contributed by atoms with Gasteiger partial charge in [0.05, 0.1) is 0 Å². The lowest BCUT2D eigenvalue weighted by Gasteiger charge is -2.21. The lowest BCUT2D eigenvalue weighted by molar-refractivity contribution is 0.425. The Balaban J connectivity index is 1.85. The van der Waals surface area contributed by atoms with Crippen molar-refractivity contribution in [1.82, 2.24) is 5.32 Å². The summed E-state index contributed by atoms with van der Waals surface area (Å²) in [4.78, 5) is 0. The highest BCUT2D eigenvalue weighted by atomic mass is 14.9. The van der Waals surface area contributed by atoms with Crippen LogP contribution in [0.3, 0.4) is 0 Å². The van der Waals surface area contributed by atoms with Gasteiger partial charge < -0.3 is 5.32 Å². The van der Waals surface area contributed by atoms with E-state index in [9.17, 15) is 0 Å². The average Bonchev–Trinajstić information content (AvgIpc) is 2.79. The lowest BCUT2D eigenvalue weighted by atomic mass is 9.94. The molecule has 2 saturated carbocycles. The molecule has 1 heteroatoms. The standard InChI is InChI=1S/C17H25N/c1-4-18-17(16-14-6-5-7-15(14)16)13-9-11(2)8-12(3)10-13/h8-10,14-18H,4-7H2,1-3H3. The Morgan fingerprint density at radius 1 is 1.11 bits per heavy atom. The molecule has 2 aliphatic rings. The predicted molar refractivity (Wildman–Crippen MR) is 76.7 cm³/mol. The maximum atomic E-state index is 3.74. The van der Waals surface area contributed by atoms with Crippen LogP contribution < -0.4 is 5.32 Å². The van der Waals surface area contributed by atoms with Crippen LogP contribution in [0.25, 0.3) is 0 Å². The molecule has 0 radical (unpaired) electrons. The van der Waals surface area contributed by atoms with Gasteiger partial charge in [-0.25, -0.2) is 0 Å². The maximum absolute atomic E-state index is 3.74. The van der Waals surface area contributed by atoms with Gasteiger partial charge in [-0.05, 0) is 56.6 Å². The normalized spacial score (nSPS) is 31.2. The fraction of sp³-hybridized carbons (Fsp3) is 0.647. The topological polar surface area (TPSA) is 12.0 Å². The largest absolute Gasteiger partial charge is 0.310 e. The monoisotopic (exact) mass is 243 g/mol. The zero-order valence-electron chi connectivity index (χ0n) is 11.9. The first-order valence-electron chi connectivity index (χ1n) is 7.52. The highest BCUT2D eigenvalue weighted by Gasteiger charge is 2.55. The second-order valence-corrected chi connectivity index (χ2v) is 6.29. The molecular weight excluding hydrogens is 218 g/mol. The molecule has 0 aliphatic heterocycles. The number of aryl methyl sites for hydroxylation is 2. The molecule has 3 rings (SSSR count). The number of fused-ring (bicyclic) bond motifs is 1.